The van der Waals surface area contributed by atoms with Gasteiger partial charge < -0.3 is 14.7 Å². The Labute approximate surface area is 170 Å². The van der Waals surface area contributed by atoms with E-state index in [1.54, 1.807) is 11.3 Å². The number of aromatic nitrogens is 2. The van der Waals surface area contributed by atoms with E-state index in [-0.39, 0.29) is 11.5 Å². The van der Waals surface area contributed by atoms with E-state index in [9.17, 15) is 21.6 Å². The van der Waals surface area contributed by atoms with E-state index in [4.69, 9.17) is 14.6 Å². The summed E-state index contributed by atoms with van der Waals surface area (Å²) in [6, 6.07) is -0.130. The smallest absolute Gasteiger partial charge is 0.475 e. The van der Waals surface area contributed by atoms with Crippen molar-refractivity contribution in [2.24, 2.45) is 5.41 Å². The zero-order valence-corrected chi connectivity index (χ0v) is 17.5. The first-order valence-electron chi connectivity index (χ1n) is 8.73. The molecular weight excluding hydrogens is 437 g/mol. The van der Waals surface area contributed by atoms with Gasteiger partial charge in [-0.3, -0.25) is 0 Å². The molecule has 2 fully saturated rings. The van der Waals surface area contributed by atoms with Crippen LogP contribution in [0.15, 0.2) is 0 Å². The summed E-state index contributed by atoms with van der Waals surface area (Å²) in [4.78, 5) is 11.1. The molecule has 2 N–H and O–H groups in total. The number of rotatable bonds is 3. The Kier molecular flexibility index (Phi) is 7.46. The molecule has 2 aliphatic heterocycles. The summed E-state index contributed by atoms with van der Waals surface area (Å²) >= 11 is 1.61. The number of hydrogen-bond acceptors (Lipinski definition) is 8. The summed E-state index contributed by atoms with van der Waals surface area (Å²) in [5.41, 5.74) is -0.00242. The highest BCUT2D eigenvalue weighted by atomic mass is 32.2. The number of carbonyl (C=O) groups is 1. The minimum atomic E-state index is -5.08. The molecule has 0 bridgehead atoms. The Balaban J connectivity index is 0.000000370. The number of ether oxygens (including phenoxy) is 1. The van der Waals surface area contributed by atoms with Gasteiger partial charge in [-0.05, 0) is 31.6 Å². The lowest BCUT2D eigenvalue weighted by atomic mass is 9.69. The van der Waals surface area contributed by atoms with E-state index in [0.717, 1.165) is 42.5 Å². The van der Waals surface area contributed by atoms with Gasteiger partial charge in [-0.15, -0.1) is 10.2 Å². The van der Waals surface area contributed by atoms with Gasteiger partial charge in [0.15, 0.2) is 0 Å². The number of halogens is 3. The number of piperidine rings is 1. The minimum absolute atomic E-state index is 0.00242. The van der Waals surface area contributed by atoms with Crippen LogP contribution in [0.5, 0.6) is 0 Å². The number of nitrogens with one attached hydrogen (secondary N) is 1. The van der Waals surface area contributed by atoms with E-state index in [1.165, 1.54) is 6.26 Å². The fraction of sp³-hybridized carbons (Fsp3) is 0.800. The number of carboxylic acid groups (broad SMARTS) is 1. The number of alkyl halides is 3. The monoisotopic (exact) mass is 460 g/mol. The Morgan fingerprint density at radius 2 is 1.90 bits per heavy atom. The summed E-state index contributed by atoms with van der Waals surface area (Å²) in [6.45, 7) is 4.90. The lowest BCUT2D eigenvalue weighted by Gasteiger charge is -2.48. The van der Waals surface area contributed by atoms with Gasteiger partial charge >= 0.3 is 12.1 Å². The largest absolute Gasteiger partial charge is 0.490 e. The lowest BCUT2D eigenvalue weighted by molar-refractivity contribution is -0.192. The average Bonchev–Trinajstić information content (AvgIpc) is 3.03. The maximum Gasteiger partial charge on any atom is 0.490 e. The van der Waals surface area contributed by atoms with Crippen molar-refractivity contribution < 1.29 is 36.2 Å². The fourth-order valence-electron chi connectivity index (χ4n) is 3.40. The molecular formula is C15H23F3N4O5S2. The summed E-state index contributed by atoms with van der Waals surface area (Å²) in [6.07, 6.45) is -1.07. The standard InChI is InChI=1S/C13H22N4O3S2.C2HF3O2/c1-10-14-15-12(21-10)17-6-3-13(4-7-17)5-8-20-9-11(13)16-22(2,18)19;3-2(4,5)1(6)7/h11,16H,3-9H2,1-2H3;(H,6,7). The molecule has 29 heavy (non-hydrogen) atoms. The topological polar surface area (TPSA) is 122 Å². The van der Waals surface area contributed by atoms with Crippen LogP contribution in [-0.4, -0.2) is 74.5 Å². The number of aliphatic carboxylic acids is 1. The Hall–Kier alpha value is -1.51. The summed E-state index contributed by atoms with van der Waals surface area (Å²) in [5.74, 6) is -2.76. The summed E-state index contributed by atoms with van der Waals surface area (Å²) in [5, 5.41) is 17.3. The van der Waals surface area contributed by atoms with Crippen LogP contribution in [-0.2, 0) is 19.6 Å². The van der Waals surface area contributed by atoms with Crippen molar-refractivity contribution in [1.29, 1.82) is 0 Å². The third-order valence-electron chi connectivity index (χ3n) is 4.91. The Morgan fingerprint density at radius 3 is 2.34 bits per heavy atom. The first-order valence-corrected chi connectivity index (χ1v) is 11.4. The van der Waals surface area contributed by atoms with Crippen LogP contribution >= 0.6 is 11.3 Å². The highest BCUT2D eigenvalue weighted by Crippen LogP contribution is 2.42. The summed E-state index contributed by atoms with van der Waals surface area (Å²) < 4.78 is 63.3. The SMILES string of the molecule is Cc1nnc(N2CCC3(CCOCC3NS(C)(=O)=O)CC2)s1.O=C(O)C(F)(F)F. The normalized spacial score (nSPS) is 22.1. The molecule has 1 aromatic rings. The van der Waals surface area contributed by atoms with E-state index < -0.39 is 22.2 Å². The van der Waals surface area contributed by atoms with Crippen molar-refractivity contribution in [3.63, 3.8) is 0 Å². The van der Waals surface area contributed by atoms with Crippen LogP contribution in [0.25, 0.3) is 0 Å². The average molecular weight is 461 g/mol. The first-order chi connectivity index (χ1) is 13.3. The minimum Gasteiger partial charge on any atom is -0.475 e. The van der Waals surface area contributed by atoms with Gasteiger partial charge in [0.2, 0.25) is 15.2 Å². The number of nitrogens with zero attached hydrogens (tertiary/aromatic N) is 3. The van der Waals surface area contributed by atoms with Gasteiger partial charge in [-0.2, -0.15) is 13.2 Å². The fourth-order valence-corrected chi connectivity index (χ4v) is 4.97. The number of hydrogen-bond donors (Lipinski definition) is 2. The number of aryl methyl sites for hydroxylation is 1. The molecule has 1 aromatic heterocycles. The second kappa shape index (κ2) is 9.10. The van der Waals surface area contributed by atoms with Crippen molar-refractivity contribution in [3.8, 4) is 0 Å². The predicted octanol–water partition coefficient (Wildman–Crippen LogP) is 1.40. The molecule has 3 rings (SSSR count). The molecule has 0 aliphatic carbocycles. The zero-order valence-electron chi connectivity index (χ0n) is 15.9. The van der Waals surface area contributed by atoms with Gasteiger partial charge in [0.1, 0.15) is 5.01 Å². The van der Waals surface area contributed by atoms with Gasteiger partial charge in [-0.25, -0.2) is 17.9 Å². The molecule has 14 heteroatoms. The van der Waals surface area contributed by atoms with E-state index in [0.29, 0.717) is 13.2 Å². The highest BCUT2D eigenvalue weighted by molar-refractivity contribution is 7.88. The number of anilines is 1. The molecule has 1 atom stereocenters. The van der Waals surface area contributed by atoms with Crippen LogP contribution in [0.4, 0.5) is 18.3 Å². The molecule has 166 valence electrons. The predicted molar refractivity (Wildman–Crippen MR) is 99.4 cm³/mol. The van der Waals surface area contributed by atoms with Crippen molar-refractivity contribution in [3.05, 3.63) is 5.01 Å². The molecule has 0 radical (unpaired) electrons. The van der Waals surface area contributed by atoms with Gasteiger partial charge in [0, 0.05) is 19.7 Å². The molecule has 1 unspecified atom stereocenters. The third-order valence-corrected chi connectivity index (χ3v) is 6.52. The van der Waals surface area contributed by atoms with Crippen LogP contribution in [0.3, 0.4) is 0 Å². The van der Waals surface area contributed by atoms with E-state index in [1.807, 2.05) is 6.92 Å². The second-order valence-electron chi connectivity index (χ2n) is 7.02. The van der Waals surface area contributed by atoms with Crippen LogP contribution in [0.1, 0.15) is 24.3 Å². The number of carboxylic acids is 1. The molecule has 0 saturated carbocycles. The van der Waals surface area contributed by atoms with Gasteiger partial charge in [-0.1, -0.05) is 11.3 Å². The van der Waals surface area contributed by atoms with Crippen LogP contribution < -0.4 is 9.62 Å². The molecule has 9 nitrogen and oxygen atoms in total. The van der Waals surface area contributed by atoms with Crippen molar-refractivity contribution in [2.75, 3.05) is 37.5 Å². The highest BCUT2D eigenvalue weighted by Gasteiger charge is 2.45. The molecule has 0 amide bonds. The zero-order chi connectivity index (χ0) is 21.9. The van der Waals surface area contributed by atoms with E-state index in [2.05, 4.69) is 19.8 Å². The molecule has 3 heterocycles. The van der Waals surface area contributed by atoms with E-state index >= 15 is 0 Å². The van der Waals surface area contributed by atoms with Gasteiger partial charge in [0.05, 0.1) is 18.9 Å². The van der Waals surface area contributed by atoms with Crippen molar-refractivity contribution in [2.45, 2.75) is 38.4 Å². The number of sulfonamides is 1. The van der Waals surface area contributed by atoms with Crippen molar-refractivity contribution in [1.82, 2.24) is 14.9 Å². The molecule has 1 spiro atoms. The molecule has 2 saturated heterocycles. The quantitative estimate of drug-likeness (QED) is 0.694. The lowest BCUT2D eigenvalue weighted by Crippen LogP contribution is -2.57. The molecule has 0 aromatic carbocycles. The summed E-state index contributed by atoms with van der Waals surface area (Å²) in [7, 11) is -3.23. The molecule has 2 aliphatic rings. The first kappa shape index (κ1) is 23.8. The Morgan fingerprint density at radius 1 is 1.31 bits per heavy atom. The second-order valence-corrected chi connectivity index (χ2v) is 9.96. The van der Waals surface area contributed by atoms with Crippen LogP contribution in [0.2, 0.25) is 0 Å². The van der Waals surface area contributed by atoms with Gasteiger partial charge in [0.25, 0.3) is 0 Å². The third kappa shape index (κ3) is 6.76. The maximum atomic E-state index is 11.6. The van der Waals surface area contributed by atoms with Crippen molar-refractivity contribution >= 4 is 32.5 Å². The van der Waals surface area contributed by atoms with Crippen LogP contribution in [0, 0.1) is 12.3 Å². The maximum absolute atomic E-state index is 11.6. The Bertz CT molecular complexity index is 807.